The summed E-state index contributed by atoms with van der Waals surface area (Å²) >= 11 is 0. The Hall–Kier alpha value is -1.81. The highest BCUT2D eigenvalue weighted by Gasteiger charge is 2.19. The minimum Gasteiger partial charge on any atom is -0.494 e. The molecule has 20 heavy (non-hydrogen) atoms. The number of para-hydroxylation sites is 1. The van der Waals surface area contributed by atoms with E-state index in [0.717, 1.165) is 31.9 Å². The van der Waals surface area contributed by atoms with Gasteiger partial charge in [0, 0.05) is 18.8 Å². The summed E-state index contributed by atoms with van der Waals surface area (Å²) in [5.41, 5.74) is 1.31. The molecular weight excluding hydrogens is 250 g/mol. The van der Waals surface area contributed by atoms with Gasteiger partial charge < -0.3 is 14.6 Å². The molecule has 0 saturated carbocycles. The molecule has 2 heterocycles. The van der Waals surface area contributed by atoms with Crippen LogP contribution in [-0.2, 0) is 6.54 Å². The molecule has 0 radical (unpaired) electrons. The third kappa shape index (κ3) is 3.20. The molecule has 1 aliphatic rings. The largest absolute Gasteiger partial charge is 0.494 e. The van der Waals surface area contributed by atoms with Crippen LogP contribution in [0.1, 0.15) is 31.0 Å². The van der Waals surface area contributed by atoms with Crippen molar-refractivity contribution in [2.75, 3.05) is 13.2 Å². The average Bonchev–Trinajstić information content (AvgIpc) is 3.15. The number of benzene rings is 1. The zero-order valence-corrected chi connectivity index (χ0v) is 11.7. The third-order valence-electron chi connectivity index (χ3n) is 3.72. The van der Waals surface area contributed by atoms with Gasteiger partial charge in [0.1, 0.15) is 5.75 Å². The van der Waals surface area contributed by atoms with Crippen LogP contribution in [0.4, 0.5) is 0 Å². The lowest BCUT2D eigenvalue weighted by Gasteiger charge is -2.14. The number of hydrogen-bond donors (Lipinski definition) is 1. The molecular formula is C16H21N3O. The van der Waals surface area contributed by atoms with Crippen LogP contribution in [0.15, 0.2) is 42.9 Å². The van der Waals surface area contributed by atoms with E-state index in [0.29, 0.717) is 6.04 Å². The minimum absolute atomic E-state index is 0.479. The summed E-state index contributed by atoms with van der Waals surface area (Å²) in [6.45, 7) is 2.81. The summed E-state index contributed by atoms with van der Waals surface area (Å²) in [6, 6.07) is 10.5. The lowest BCUT2D eigenvalue weighted by atomic mass is 10.2. The Kier molecular flexibility index (Phi) is 4.33. The van der Waals surface area contributed by atoms with Gasteiger partial charge in [0.15, 0.2) is 0 Å². The Labute approximate surface area is 119 Å². The van der Waals surface area contributed by atoms with Gasteiger partial charge in [-0.25, -0.2) is 4.98 Å². The molecule has 0 amide bonds. The van der Waals surface area contributed by atoms with Gasteiger partial charge in [-0.3, -0.25) is 0 Å². The number of aryl methyl sites for hydroxylation is 1. The molecule has 4 heteroatoms. The molecule has 0 spiro atoms. The summed E-state index contributed by atoms with van der Waals surface area (Å²) in [4.78, 5) is 4.29. The fraction of sp³-hybridized carbons (Fsp3) is 0.438. The van der Waals surface area contributed by atoms with E-state index in [1.165, 1.54) is 18.5 Å². The number of rotatable bonds is 6. The zero-order valence-electron chi connectivity index (χ0n) is 11.7. The van der Waals surface area contributed by atoms with Crippen LogP contribution in [0, 0.1) is 0 Å². The highest BCUT2D eigenvalue weighted by Crippen LogP contribution is 2.22. The summed E-state index contributed by atoms with van der Waals surface area (Å²) in [5, 5.41) is 3.52. The molecule has 0 bridgehead atoms. The fourth-order valence-corrected chi connectivity index (χ4v) is 2.69. The number of hydrogen-bond acceptors (Lipinski definition) is 3. The monoisotopic (exact) mass is 271 g/mol. The van der Waals surface area contributed by atoms with Gasteiger partial charge in [-0.2, -0.15) is 0 Å². The molecule has 2 aromatic rings. The van der Waals surface area contributed by atoms with Gasteiger partial charge in [0.05, 0.1) is 18.6 Å². The van der Waals surface area contributed by atoms with Crippen LogP contribution in [-0.4, -0.2) is 22.7 Å². The number of imidazole rings is 1. The van der Waals surface area contributed by atoms with Crippen molar-refractivity contribution in [2.45, 2.75) is 31.8 Å². The Morgan fingerprint density at radius 1 is 1.30 bits per heavy atom. The van der Waals surface area contributed by atoms with Crippen molar-refractivity contribution in [3.05, 3.63) is 48.5 Å². The molecule has 4 nitrogen and oxygen atoms in total. The maximum Gasteiger partial charge on any atom is 0.119 e. The van der Waals surface area contributed by atoms with Gasteiger partial charge in [0.25, 0.3) is 0 Å². The Bertz CT molecular complexity index is 518. The second-order valence-corrected chi connectivity index (χ2v) is 5.18. The maximum atomic E-state index is 5.72. The van der Waals surface area contributed by atoms with Crippen LogP contribution >= 0.6 is 0 Å². The highest BCUT2D eigenvalue weighted by molar-refractivity contribution is 5.20. The van der Waals surface area contributed by atoms with Crippen LogP contribution in [0.25, 0.3) is 0 Å². The predicted octanol–water partition coefficient (Wildman–Crippen LogP) is 2.78. The van der Waals surface area contributed by atoms with E-state index in [-0.39, 0.29) is 0 Å². The van der Waals surface area contributed by atoms with Crippen molar-refractivity contribution in [3.63, 3.8) is 0 Å². The van der Waals surface area contributed by atoms with E-state index in [2.05, 4.69) is 14.9 Å². The first-order valence-corrected chi connectivity index (χ1v) is 7.35. The topological polar surface area (TPSA) is 39.1 Å². The number of nitrogens with zero attached hydrogens (tertiary/aromatic N) is 2. The second kappa shape index (κ2) is 6.57. The fourth-order valence-electron chi connectivity index (χ4n) is 2.69. The standard InChI is InChI=1S/C16H21N3O/c1-2-6-14(7-3-1)20-11-5-10-19-13-17-12-16(19)15-8-4-9-18-15/h1-3,6-7,12-13,15,18H,4-5,8-11H2. The van der Waals surface area contributed by atoms with E-state index >= 15 is 0 Å². The van der Waals surface area contributed by atoms with E-state index in [1.807, 2.05) is 42.9 Å². The smallest absolute Gasteiger partial charge is 0.119 e. The first-order chi connectivity index (χ1) is 9.93. The molecule has 1 N–H and O–H groups in total. The minimum atomic E-state index is 0.479. The average molecular weight is 271 g/mol. The molecule has 3 rings (SSSR count). The van der Waals surface area contributed by atoms with Gasteiger partial charge in [-0.1, -0.05) is 18.2 Å². The molecule has 0 aliphatic carbocycles. The van der Waals surface area contributed by atoms with Crippen molar-refractivity contribution < 1.29 is 4.74 Å². The molecule has 106 valence electrons. The van der Waals surface area contributed by atoms with E-state index < -0.39 is 0 Å². The van der Waals surface area contributed by atoms with E-state index in [4.69, 9.17) is 4.74 Å². The second-order valence-electron chi connectivity index (χ2n) is 5.18. The highest BCUT2D eigenvalue weighted by atomic mass is 16.5. The van der Waals surface area contributed by atoms with Gasteiger partial charge in [-0.05, 0) is 37.9 Å². The van der Waals surface area contributed by atoms with Gasteiger partial charge in [0.2, 0.25) is 0 Å². The number of aromatic nitrogens is 2. The molecule has 1 aromatic heterocycles. The summed E-state index contributed by atoms with van der Waals surface area (Å²) in [6.07, 6.45) is 7.38. The van der Waals surface area contributed by atoms with Crippen LogP contribution in [0.3, 0.4) is 0 Å². The molecule has 1 fully saturated rings. The zero-order chi connectivity index (χ0) is 13.6. The van der Waals surface area contributed by atoms with Crippen molar-refractivity contribution in [1.82, 2.24) is 14.9 Å². The predicted molar refractivity (Wildman–Crippen MR) is 78.8 cm³/mol. The molecule has 1 atom stereocenters. The van der Waals surface area contributed by atoms with E-state index in [9.17, 15) is 0 Å². The summed E-state index contributed by atoms with van der Waals surface area (Å²) in [5.74, 6) is 0.941. The van der Waals surface area contributed by atoms with Crippen LogP contribution in [0.2, 0.25) is 0 Å². The number of nitrogens with one attached hydrogen (secondary N) is 1. The normalized spacial score (nSPS) is 18.3. The Morgan fingerprint density at radius 2 is 2.20 bits per heavy atom. The van der Waals surface area contributed by atoms with Crippen molar-refractivity contribution in [2.24, 2.45) is 0 Å². The quantitative estimate of drug-likeness (QED) is 0.821. The first kappa shape index (κ1) is 13.2. The summed E-state index contributed by atoms with van der Waals surface area (Å²) in [7, 11) is 0. The Morgan fingerprint density at radius 3 is 3.00 bits per heavy atom. The summed E-state index contributed by atoms with van der Waals surface area (Å²) < 4.78 is 7.97. The first-order valence-electron chi connectivity index (χ1n) is 7.35. The van der Waals surface area contributed by atoms with Crippen molar-refractivity contribution in [1.29, 1.82) is 0 Å². The Balaban J connectivity index is 1.48. The molecule has 1 aliphatic heterocycles. The molecule has 1 aromatic carbocycles. The SMILES string of the molecule is c1ccc(OCCCn2cncc2C2CCCN2)cc1. The number of ether oxygens (including phenoxy) is 1. The van der Waals surface area contributed by atoms with Crippen molar-refractivity contribution in [3.8, 4) is 5.75 Å². The third-order valence-corrected chi connectivity index (χ3v) is 3.72. The van der Waals surface area contributed by atoms with E-state index in [1.54, 1.807) is 0 Å². The van der Waals surface area contributed by atoms with Crippen molar-refractivity contribution >= 4 is 0 Å². The van der Waals surface area contributed by atoms with Gasteiger partial charge in [-0.15, -0.1) is 0 Å². The van der Waals surface area contributed by atoms with Crippen LogP contribution in [0.5, 0.6) is 5.75 Å². The maximum absolute atomic E-state index is 5.72. The van der Waals surface area contributed by atoms with Crippen LogP contribution < -0.4 is 10.1 Å². The molecule has 1 saturated heterocycles. The lowest BCUT2D eigenvalue weighted by Crippen LogP contribution is -2.17. The molecule has 1 unspecified atom stereocenters. The van der Waals surface area contributed by atoms with Gasteiger partial charge >= 0.3 is 0 Å². The lowest BCUT2D eigenvalue weighted by molar-refractivity contribution is 0.300.